The van der Waals surface area contributed by atoms with Crippen LogP contribution in [-0.2, 0) is 88.4 Å². The predicted octanol–water partition coefficient (Wildman–Crippen LogP) is 8.78. The molecule has 4 saturated heterocycles. The monoisotopic (exact) mass is 1940 g/mol. The molecule has 47 nitrogen and oxygen atoms in total. The molecule has 0 saturated carbocycles. The number of carbonyl (C=O) groups excluding carboxylic acids is 4. The standard InChI is InChI=1S/C35H39FN11O9PS.C34H37FN11O10PS.C5H5N.2CH4.H3N.2HO2P/c1-4-20-21(13-23(54-20)46-16-40-25-28(38-15-39-29(25)46)42-32(50)19-9-6-5-7-10-19)56-57(58,52-12-8-11-37)53-14-22-24(36)27(48)34(55-22)47-17-41-26-30(47)43-35(45-33(26)51)44-31(49)18(2)3;1-17(2)30(49)43-34-42-29-25(32(51)44-34)40-16-46(29)33-26(48)23(35)21(55-33)13-53-57(58,52-10-6-9-36)56-19-11-22(54-20(19)12-47)45-15-39-24-27(37-14-38-28(24)45)41-31(50)18-7-4-3-5-8-18;1-2-4-6-5-3-1;;;;2*1-3-2/h5-7,9-10,15-18,20-24,27,34,48H,4,8,12-14H2,1-3H3,(H,38,39,42,50)(H2,43,44,45,49,51);3-5,7-8,14-17,19-23,26,33,47-48H,6,10-13H2,1-2H3,(H,37,38,41,50)(H2,42,43,44,49,51);1-5H;2*1H4;1H3;2*(H,1,2)/t20-,21-,22-,23-,24-,27-,34-,57?;19-,20-,21-,22-,23-,26-,33-,57?;;;;;;/m11....../s1. The SMILES string of the molecule is C.C.CC(C)C(=O)Nc1nc2c(ncn2[C@@H]2O[C@H](COP(=S)(OCCC#N)O[C@@H]3C[C@H](n4cnc5c(NC(=O)c6ccccc6)ncnc54)O[C@@H]3CO)[C@@H](F)[C@H]2O)c(=O)[nH]1.CC[C@H]1O[C@@H](n2cnc3c(NC(=O)c4ccccc4)ncnc32)C[C@H]1OP(=S)(OCCC#N)OC[C@H]1O[C@@H](n2cnc3c(=O)[nH]c(NC(=O)C(C)C)nc32)[C@H](O)[C@@H]1F.N.O=PO.O=PO.c1ccncc1. The minimum Gasteiger partial charge on any atom is -0.394 e. The Kier molecular flexibility index (Phi) is 39.8. The molecule has 0 bridgehead atoms. The number of fused-ring (bicyclic) bond motifs is 4. The summed E-state index contributed by atoms with van der Waals surface area (Å²) in [5.74, 6) is -2.40. The minimum atomic E-state index is -3.86. The molecule has 15 rings (SSSR count). The Bertz CT molecular complexity index is 5620. The van der Waals surface area contributed by atoms with Gasteiger partial charge >= 0.3 is 30.8 Å². The van der Waals surface area contributed by atoms with Crippen LogP contribution in [0.3, 0.4) is 0 Å². The largest absolute Gasteiger partial charge is 0.394 e. The highest BCUT2D eigenvalue weighted by Gasteiger charge is 2.50. The fraction of sp³-hybridized carbons (Fsp3) is 0.434. The number of aromatic amines is 2. The van der Waals surface area contributed by atoms with Gasteiger partial charge in [-0.15, -0.1) is 0 Å². The van der Waals surface area contributed by atoms with E-state index in [-0.39, 0.29) is 117 Å². The maximum atomic E-state index is 15.7. The van der Waals surface area contributed by atoms with Crippen molar-refractivity contribution >= 4 is 146 Å². The van der Waals surface area contributed by atoms with Gasteiger partial charge in [0.2, 0.25) is 23.7 Å². The Morgan fingerprint density at radius 1 is 0.557 bits per heavy atom. The van der Waals surface area contributed by atoms with Crippen molar-refractivity contribution in [3.63, 3.8) is 0 Å². The van der Waals surface area contributed by atoms with Crippen LogP contribution in [0, 0.1) is 34.5 Å². The summed E-state index contributed by atoms with van der Waals surface area (Å²) < 4.78 is 114. The zero-order valence-electron chi connectivity index (χ0n) is 68.7. The Hall–Kier alpha value is -11.0. The van der Waals surface area contributed by atoms with Crippen molar-refractivity contribution in [2.75, 3.05) is 54.3 Å². The molecule has 0 spiro atoms. The van der Waals surface area contributed by atoms with E-state index in [9.17, 15) is 49.3 Å². The number of aromatic nitrogens is 17. The van der Waals surface area contributed by atoms with Gasteiger partial charge in [-0.1, -0.05) is 91.9 Å². The molecule has 16 atom stereocenters. The van der Waals surface area contributed by atoms with E-state index in [4.69, 9.17) is 93.9 Å². The smallest absolute Gasteiger partial charge is 0.327 e. The first-order valence-corrected chi connectivity index (χ1v) is 45.4. The topological polar surface area (TPSA) is 654 Å². The molecule has 4 aliphatic rings. The Balaban J connectivity index is 0.000000281. The third-order valence-electron chi connectivity index (χ3n) is 19.2. The Labute approximate surface area is 757 Å². The van der Waals surface area contributed by atoms with E-state index in [1.165, 1.54) is 36.2 Å². The second kappa shape index (κ2) is 49.5. The summed E-state index contributed by atoms with van der Waals surface area (Å²) in [6.45, 7) is -1.07. The summed E-state index contributed by atoms with van der Waals surface area (Å²) in [6.07, 6.45) is -5.86. The van der Waals surface area contributed by atoms with Gasteiger partial charge in [-0.3, -0.25) is 72.6 Å². The van der Waals surface area contributed by atoms with E-state index in [0.717, 1.165) is 10.9 Å². The minimum absolute atomic E-state index is 0. The Morgan fingerprint density at radius 3 is 1.29 bits per heavy atom. The number of H-pyrrole nitrogens is 2. The molecule has 9 aromatic heterocycles. The van der Waals surface area contributed by atoms with Crippen LogP contribution in [0.5, 0.6) is 0 Å². The summed E-state index contributed by atoms with van der Waals surface area (Å²) in [4.78, 5) is 141. The second-order valence-electron chi connectivity index (χ2n) is 28.3. The van der Waals surface area contributed by atoms with Gasteiger partial charge < -0.3 is 88.0 Å². The van der Waals surface area contributed by atoms with Crippen molar-refractivity contribution < 1.29 is 108 Å². The maximum absolute atomic E-state index is 15.7. The molecule has 0 aliphatic carbocycles. The summed E-state index contributed by atoms with van der Waals surface area (Å²) in [7, 11) is -1.67. The van der Waals surface area contributed by atoms with Crippen molar-refractivity contribution in [1.29, 1.82) is 10.5 Å². The number of halogens is 2. The normalized spacial score (nSPS) is 22.2. The molecular weight excluding hydrogens is 1840 g/mol. The first-order valence-electron chi connectivity index (χ1n) is 38.8. The molecule has 4 amide bonds. The number of rotatable bonds is 30. The van der Waals surface area contributed by atoms with Gasteiger partial charge in [-0.2, -0.15) is 20.5 Å². The summed E-state index contributed by atoms with van der Waals surface area (Å²) in [5.41, 5.74) is 0.367. The zero-order chi connectivity index (χ0) is 91.9. The van der Waals surface area contributed by atoms with E-state index in [2.05, 4.69) is 86.1 Å². The molecule has 2 aromatic carbocycles. The summed E-state index contributed by atoms with van der Waals surface area (Å²) in [6, 6.07) is 26.8. The van der Waals surface area contributed by atoms with E-state index in [0.29, 0.717) is 34.4 Å². The number of carbonyl (C=O) groups is 4. The van der Waals surface area contributed by atoms with Crippen molar-refractivity contribution in [2.45, 2.75) is 168 Å². The number of nitriles is 2. The number of aliphatic hydroxyl groups is 3. The van der Waals surface area contributed by atoms with Crippen LogP contribution >= 0.6 is 30.8 Å². The van der Waals surface area contributed by atoms with Gasteiger partial charge in [0.15, 0.2) is 81.1 Å². The fourth-order valence-corrected chi connectivity index (χ4v) is 17.2. The average Bonchev–Trinajstić information content (AvgIpc) is 1.63. The van der Waals surface area contributed by atoms with Gasteiger partial charge in [0.05, 0.1) is 102 Å². The summed E-state index contributed by atoms with van der Waals surface area (Å²) in [5, 5.41) is 61.1. The number of imidazole rings is 4. The van der Waals surface area contributed by atoms with Crippen molar-refractivity contribution in [1.82, 2.24) is 89.2 Å². The highest BCUT2D eigenvalue weighted by Crippen LogP contribution is 2.56. The molecule has 0 radical (unpaired) electrons. The molecule has 131 heavy (non-hydrogen) atoms. The zero-order valence-corrected chi connectivity index (χ0v) is 73.9. The maximum Gasteiger partial charge on any atom is 0.327 e. The van der Waals surface area contributed by atoms with E-state index >= 15 is 8.78 Å². The number of nitrogens with one attached hydrogen (secondary N) is 6. The highest BCUT2D eigenvalue weighted by molar-refractivity contribution is 8.07. The van der Waals surface area contributed by atoms with E-state index in [1.54, 1.807) is 110 Å². The number of hydrogen-bond donors (Lipinski definition) is 12. The lowest BCUT2D eigenvalue weighted by molar-refractivity contribution is -0.119. The van der Waals surface area contributed by atoms with Crippen LogP contribution in [0.25, 0.3) is 44.7 Å². The highest BCUT2D eigenvalue weighted by atomic mass is 32.5. The number of ether oxygens (including phenoxy) is 4. The lowest BCUT2D eigenvalue weighted by atomic mass is 10.1. The first-order chi connectivity index (χ1) is 61.6. The van der Waals surface area contributed by atoms with Gasteiger partial charge in [0.1, 0.15) is 55.6 Å². The number of hydrogen-bond acceptors (Lipinski definition) is 37. The third kappa shape index (κ3) is 26.3. The van der Waals surface area contributed by atoms with Crippen LogP contribution in [-0.4, -0.2) is 226 Å². The number of pyridine rings is 1. The predicted molar refractivity (Wildman–Crippen MR) is 472 cm³/mol. The molecule has 14 N–H and O–H groups in total. The van der Waals surface area contributed by atoms with Crippen LogP contribution < -0.4 is 38.5 Å². The second-order valence-corrected chi connectivity index (χ2v) is 34.5. The van der Waals surface area contributed by atoms with Crippen LogP contribution in [0.1, 0.15) is 127 Å². The third-order valence-corrected chi connectivity index (χ3v) is 23.9. The quantitative estimate of drug-likeness (QED) is 0.0148. The van der Waals surface area contributed by atoms with Crippen molar-refractivity contribution in [3.8, 4) is 12.1 Å². The number of aliphatic hydroxyl groups excluding tert-OH is 3. The summed E-state index contributed by atoms with van der Waals surface area (Å²) >= 11 is 11.5. The lowest BCUT2D eigenvalue weighted by Crippen LogP contribution is -2.31. The van der Waals surface area contributed by atoms with Crippen molar-refractivity contribution in [3.05, 3.63) is 161 Å². The molecule has 2 unspecified atom stereocenters. The lowest BCUT2D eigenvalue weighted by Gasteiger charge is -2.27. The van der Waals surface area contributed by atoms with Crippen LogP contribution in [0.4, 0.5) is 32.3 Å². The molecule has 702 valence electrons. The number of anilines is 4. The molecular formula is C76H94F2N24O23P4S2. The van der Waals surface area contributed by atoms with E-state index < -0.39 is 177 Å². The van der Waals surface area contributed by atoms with Crippen LogP contribution in [0.2, 0.25) is 0 Å². The fourth-order valence-electron chi connectivity index (χ4n) is 12.9. The molecule has 11 aromatic rings. The van der Waals surface area contributed by atoms with Gasteiger partial charge in [-0.05, 0) is 66.4 Å². The molecule has 4 fully saturated rings. The number of alkyl halides is 2. The molecule has 4 aliphatic heterocycles. The van der Waals surface area contributed by atoms with Gasteiger partial charge in [-0.25, -0.2) is 57.8 Å². The number of nitrogens with zero attached hydrogens (tertiary/aromatic N) is 17. The van der Waals surface area contributed by atoms with Gasteiger partial charge in [0, 0.05) is 48.2 Å². The first kappa shape index (κ1) is 105. The molecule has 13 heterocycles. The van der Waals surface area contributed by atoms with Gasteiger partial charge in [0.25, 0.3) is 22.9 Å². The number of amides is 4. The molecule has 55 heteroatoms. The Morgan fingerprint density at radius 2 is 0.931 bits per heavy atom. The average molecular weight is 1940 g/mol. The van der Waals surface area contributed by atoms with Crippen molar-refractivity contribution in [2.24, 2.45) is 11.8 Å². The number of benzene rings is 2. The van der Waals surface area contributed by atoms with Crippen LogP contribution in [0.15, 0.2) is 139 Å². The van der Waals surface area contributed by atoms with E-state index in [1.807, 2.05) is 37.3 Å².